The number of hydrogen-bond donors (Lipinski definition) is 4. The number of anilines is 3. The van der Waals surface area contributed by atoms with Crippen molar-refractivity contribution in [3.05, 3.63) is 90.0 Å². The molecule has 0 saturated carbocycles. The van der Waals surface area contributed by atoms with Gasteiger partial charge in [0.05, 0.1) is 0 Å². The van der Waals surface area contributed by atoms with E-state index >= 15 is 0 Å². The third-order valence-electron chi connectivity index (χ3n) is 12.7. The van der Waals surface area contributed by atoms with Crippen LogP contribution < -0.4 is 26.2 Å². The first-order valence-electron chi connectivity index (χ1n) is 22.7. The molecule has 4 fully saturated rings. The van der Waals surface area contributed by atoms with Gasteiger partial charge in [-0.1, -0.05) is 70.2 Å². The molecule has 0 radical (unpaired) electrons. The number of likely N-dealkylation sites (tertiary alicyclic amines) is 2. The molecule has 3 aromatic rings. The van der Waals surface area contributed by atoms with Crippen molar-refractivity contribution in [2.45, 2.75) is 103 Å². The average Bonchev–Trinajstić information content (AvgIpc) is 3.98. The minimum Gasteiger partial charge on any atom is -0.363 e. The molecular formula is C48H63N9O6. The molecule has 15 heteroatoms. The van der Waals surface area contributed by atoms with Crippen LogP contribution in [0.3, 0.4) is 0 Å². The van der Waals surface area contributed by atoms with E-state index in [1.54, 1.807) is 19.6 Å². The standard InChI is InChI=1S/C48H63N9O6/c1-32(2)41(56-28-10-24-49-47(56)62)45(60)54-26-8-14-39(54)43(58)51-36-20-16-34(17-21-36)30-53(38-12-6-5-7-13-38)31-35-18-22-37(23-19-35)52-44(59)40-15-9-27-55(40)46(61)42(33(3)4)57-29-11-25-50-48(57)63/h5-7,12-13,16-23,32-33,39-42H,8-11,14-15,24-31H2,1-4H3,(H,49,62)(H,50,63)(H,51,58)(H,52,59)/t39?,40?,41-,42-/m0/s1. The maximum Gasteiger partial charge on any atom is 0.318 e. The third kappa shape index (κ3) is 10.6. The molecule has 0 spiro atoms. The molecule has 8 amide bonds. The van der Waals surface area contributed by atoms with Crippen LogP contribution in [0.25, 0.3) is 0 Å². The molecule has 336 valence electrons. The Labute approximate surface area is 370 Å². The molecule has 4 heterocycles. The van der Waals surface area contributed by atoms with E-state index in [1.807, 2.05) is 94.4 Å². The second-order valence-electron chi connectivity index (χ2n) is 17.9. The van der Waals surface area contributed by atoms with Crippen molar-refractivity contribution in [1.29, 1.82) is 0 Å². The fraction of sp³-hybridized carbons (Fsp3) is 0.500. The first kappa shape index (κ1) is 44.9. The molecule has 4 aliphatic rings. The van der Waals surface area contributed by atoms with E-state index in [9.17, 15) is 28.8 Å². The Hall–Kier alpha value is -6.12. The van der Waals surface area contributed by atoms with Gasteiger partial charge in [-0.05, 0) is 97.9 Å². The molecule has 15 nitrogen and oxygen atoms in total. The number of hydrogen-bond acceptors (Lipinski definition) is 7. The lowest BCUT2D eigenvalue weighted by atomic mass is 9.99. The van der Waals surface area contributed by atoms with Crippen LogP contribution in [0.2, 0.25) is 0 Å². The fourth-order valence-corrected chi connectivity index (χ4v) is 9.49. The van der Waals surface area contributed by atoms with Crippen LogP contribution >= 0.6 is 0 Å². The summed E-state index contributed by atoms with van der Waals surface area (Å²) in [6.45, 7) is 12.1. The highest BCUT2D eigenvalue weighted by atomic mass is 16.2. The molecule has 0 aromatic heterocycles. The number of para-hydroxylation sites is 1. The molecule has 0 bridgehead atoms. The highest BCUT2D eigenvalue weighted by molar-refractivity contribution is 6.00. The summed E-state index contributed by atoms with van der Waals surface area (Å²) in [5, 5.41) is 11.8. The largest absolute Gasteiger partial charge is 0.363 e. The molecule has 63 heavy (non-hydrogen) atoms. The Morgan fingerprint density at radius 1 is 0.587 bits per heavy atom. The van der Waals surface area contributed by atoms with Crippen LogP contribution in [0.1, 0.15) is 77.3 Å². The van der Waals surface area contributed by atoms with E-state index in [4.69, 9.17) is 0 Å². The van der Waals surface area contributed by atoms with Crippen LogP contribution in [-0.4, -0.2) is 119 Å². The van der Waals surface area contributed by atoms with Crippen LogP contribution in [0.4, 0.5) is 26.7 Å². The number of carbonyl (C=O) groups excluding carboxylic acids is 6. The Morgan fingerprint density at radius 3 is 1.38 bits per heavy atom. The summed E-state index contributed by atoms with van der Waals surface area (Å²) in [6, 6.07) is 22.7. The van der Waals surface area contributed by atoms with Crippen LogP contribution in [0, 0.1) is 11.8 Å². The fourth-order valence-electron chi connectivity index (χ4n) is 9.49. The summed E-state index contributed by atoms with van der Waals surface area (Å²) in [6.07, 6.45) is 4.10. The lowest BCUT2D eigenvalue weighted by Crippen LogP contribution is -2.60. The quantitative estimate of drug-likeness (QED) is 0.154. The van der Waals surface area contributed by atoms with Crippen molar-refractivity contribution < 1.29 is 28.8 Å². The Bertz CT molecular complexity index is 1970. The lowest BCUT2D eigenvalue weighted by Gasteiger charge is -2.39. The van der Waals surface area contributed by atoms with Gasteiger partial charge in [-0.15, -0.1) is 0 Å². The normalized spacial score (nSPS) is 20.0. The maximum absolute atomic E-state index is 13.9. The zero-order chi connectivity index (χ0) is 44.6. The minimum atomic E-state index is -0.628. The van der Waals surface area contributed by atoms with Crippen molar-refractivity contribution in [3.63, 3.8) is 0 Å². The van der Waals surface area contributed by atoms with Crippen molar-refractivity contribution in [2.75, 3.05) is 54.8 Å². The van der Waals surface area contributed by atoms with Crippen molar-refractivity contribution in [2.24, 2.45) is 11.8 Å². The summed E-state index contributed by atoms with van der Waals surface area (Å²) in [4.78, 5) is 89.3. The Kier molecular flexibility index (Phi) is 14.5. The molecular weight excluding hydrogens is 799 g/mol. The second kappa shape index (κ2) is 20.4. The van der Waals surface area contributed by atoms with Gasteiger partial charge in [0.15, 0.2) is 0 Å². The Balaban J connectivity index is 0.963. The maximum atomic E-state index is 13.9. The molecule has 4 atom stereocenters. The number of nitrogens with one attached hydrogen (secondary N) is 4. The minimum absolute atomic E-state index is 0.102. The van der Waals surface area contributed by atoms with Crippen molar-refractivity contribution in [1.82, 2.24) is 30.2 Å². The van der Waals surface area contributed by atoms with E-state index in [0.717, 1.165) is 42.5 Å². The summed E-state index contributed by atoms with van der Waals surface area (Å²) >= 11 is 0. The van der Waals surface area contributed by atoms with Crippen LogP contribution in [0.15, 0.2) is 78.9 Å². The van der Waals surface area contributed by atoms with Gasteiger partial charge < -0.3 is 45.8 Å². The summed E-state index contributed by atoms with van der Waals surface area (Å²) in [5.74, 6) is -1.03. The summed E-state index contributed by atoms with van der Waals surface area (Å²) < 4.78 is 0. The van der Waals surface area contributed by atoms with Gasteiger partial charge in [0.2, 0.25) is 23.6 Å². The van der Waals surface area contributed by atoms with Gasteiger partial charge in [0, 0.05) is 69.4 Å². The topological polar surface area (TPSA) is 167 Å². The smallest absolute Gasteiger partial charge is 0.318 e. The molecule has 4 saturated heterocycles. The zero-order valence-corrected chi connectivity index (χ0v) is 37.1. The van der Waals surface area contributed by atoms with Crippen molar-refractivity contribution in [3.8, 4) is 0 Å². The molecule has 7 rings (SSSR count). The van der Waals surface area contributed by atoms with Crippen LogP contribution in [0.5, 0.6) is 0 Å². The number of nitrogens with zero attached hydrogens (tertiary/aromatic N) is 5. The SMILES string of the molecule is CC(C)[C@@H](C(=O)N1CCCC1C(=O)Nc1ccc(CN(Cc2ccc(NC(=O)C3CCCN3C(=O)[C@H](C(C)C)N3CCCNC3=O)cc2)c2ccccc2)cc1)N1CCCNC1=O. The number of carbonyl (C=O) groups is 6. The molecule has 4 N–H and O–H groups in total. The monoisotopic (exact) mass is 861 g/mol. The molecule has 4 aliphatic heterocycles. The number of rotatable bonds is 15. The van der Waals surface area contributed by atoms with Gasteiger partial charge >= 0.3 is 12.1 Å². The van der Waals surface area contributed by atoms with Gasteiger partial charge in [-0.3, -0.25) is 19.2 Å². The van der Waals surface area contributed by atoms with E-state index in [1.165, 1.54) is 0 Å². The van der Waals surface area contributed by atoms with E-state index in [2.05, 4.69) is 38.3 Å². The van der Waals surface area contributed by atoms with Gasteiger partial charge in [0.25, 0.3) is 0 Å². The highest BCUT2D eigenvalue weighted by Gasteiger charge is 2.43. The molecule has 3 aromatic carbocycles. The van der Waals surface area contributed by atoms with Crippen LogP contribution in [-0.2, 0) is 32.3 Å². The van der Waals surface area contributed by atoms with E-state index in [-0.39, 0.29) is 47.5 Å². The summed E-state index contributed by atoms with van der Waals surface area (Å²) in [7, 11) is 0. The first-order valence-corrected chi connectivity index (χ1v) is 22.7. The predicted molar refractivity (Wildman–Crippen MR) is 243 cm³/mol. The molecule has 0 aliphatic carbocycles. The number of urea groups is 2. The van der Waals surface area contributed by atoms with E-state index in [0.29, 0.717) is 76.6 Å². The second-order valence-corrected chi connectivity index (χ2v) is 17.9. The Morgan fingerprint density at radius 2 is 1.00 bits per heavy atom. The van der Waals surface area contributed by atoms with Crippen molar-refractivity contribution >= 4 is 52.8 Å². The first-order chi connectivity index (χ1) is 30.4. The summed E-state index contributed by atoms with van der Waals surface area (Å²) in [5.41, 5.74) is 4.39. The number of amides is 8. The number of benzene rings is 3. The molecule has 2 unspecified atom stereocenters. The zero-order valence-electron chi connectivity index (χ0n) is 37.1. The predicted octanol–water partition coefficient (Wildman–Crippen LogP) is 5.63. The van der Waals surface area contributed by atoms with E-state index < -0.39 is 24.2 Å². The van der Waals surface area contributed by atoms with Gasteiger partial charge in [-0.25, -0.2) is 9.59 Å². The van der Waals surface area contributed by atoms with Gasteiger partial charge in [-0.2, -0.15) is 0 Å². The highest BCUT2D eigenvalue weighted by Crippen LogP contribution is 2.28. The lowest BCUT2D eigenvalue weighted by molar-refractivity contribution is -0.142. The van der Waals surface area contributed by atoms with Gasteiger partial charge in [0.1, 0.15) is 24.2 Å². The average molecular weight is 862 g/mol. The third-order valence-corrected chi connectivity index (χ3v) is 12.7.